The quantitative estimate of drug-likeness (QED) is 0.785. The third kappa shape index (κ3) is 2.34. The fourth-order valence-electron chi connectivity index (χ4n) is 2.24. The third-order valence-corrected chi connectivity index (χ3v) is 3.54. The second kappa shape index (κ2) is 5.50. The summed E-state index contributed by atoms with van der Waals surface area (Å²) in [6.45, 7) is 0. The predicted molar refractivity (Wildman–Crippen MR) is 83.3 cm³/mol. The highest BCUT2D eigenvalue weighted by molar-refractivity contribution is 6.33. The molecule has 0 bridgehead atoms. The Morgan fingerprint density at radius 2 is 1.71 bits per heavy atom. The Hall–Kier alpha value is -2.46. The summed E-state index contributed by atoms with van der Waals surface area (Å²) in [6.07, 6.45) is 0. The number of hydrogen-bond donors (Lipinski definition) is 1. The van der Waals surface area contributed by atoms with Crippen LogP contribution in [0.2, 0.25) is 5.02 Å². The van der Waals surface area contributed by atoms with E-state index >= 15 is 0 Å². The van der Waals surface area contributed by atoms with Crippen LogP contribution in [0.4, 0.5) is 5.82 Å². The fraction of sp³-hybridized carbons (Fsp3) is 0.0625. The first kappa shape index (κ1) is 13.5. The van der Waals surface area contributed by atoms with E-state index in [1.54, 1.807) is 13.2 Å². The second-order valence-corrected chi connectivity index (χ2v) is 4.86. The number of ether oxygens (including phenoxy) is 1. The summed E-state index contributed by atoms with van der Waals surface area (Å²) in [5, 5.41) is 4.45. The molecule has 0 spiro atoms. The van der Waals surface area contributed by atoms with Gasteiger partial charge >= 0.3 is 0 Å². The van der Waals surface area contributed by atoms with Crippen LogP contribution in [0.3, 0.4) is 0 Å². The van der Waals surface area contributed by atoms with Gasteiger partial charge in [0.05, 0.1) is 17.7 Å². The first-order valence-corrected chi connectivity index (χ1v) is 6.73. The van der Waals surface area contributed by atoms with Gasteiger partial charge in [0, 0.05) is 11.1 Å². The van der Waals surface area contributed by atoms with Gasteiger partial charge in [0.2, 0.25) is 0 Å². The minimum Gasteiger partial charge on any atom is -0.496 e. The van der Waals surface area contributed by atoms with Gasteiger partial charge in [-0.3, -0.25) is 0 Å². The molecule has 0 atom stereocenters. The molecule has 0 unspecified atom stereocenters. The van der Waals surface area contributed by atoms with Crippen LogP contribution in [0.25, 0.3) is 22.5 Å². The van der Waals surface area contributed by atoms with Crippen LogP contribution in [0.1, 0.15) is 0 Å². The molecule has 0 saturated heterocycles. The average molecular weight is 301 g/mol. The summed E-state index contributed by atoms with van der Waals surface area (Å²) < 4.78 is 10.8. The maximum atomic E-state index is 6.24. The lowest BCUT2D eigenvalue weighted by Gasteiger charge is -2.09. The van der Waals surface area contributed by atoms with Gasteiger partial charge in [-0.05, 0) is 18.2 Å². The second-order valence-electron chi connectivity index (χ2n) is 4.45. The third-order valence-electron chi connectivity index (χ3n) is 3.21. The van der Waals surface area contributed by atoms with E-state index in [1.807, 2.05) is 42.5 Å². The molecule has 3 aromatic rings. The van der Waals surface area contributed by atoms with Crippen molar-refractivity contribution in [3.63, 3.8) is 0 Å². The Kier molecular flexibility index (Phi) is 3.54. The number of anilines is 1. The molecule has 0 saturated carbocycles. The minimum absolute atomic E-state index is 0.300. The van der Waals surface area contributed by atoms with Crippen molar-refractivity contribution in [2.45, 2.75) is 0 Å². The van der Waals surface area contributed by atoms with Gasteiger partial charge in [-0.25, -0.2) is 0 Å². The van der Waals surface area contributed by atoms with Gasteiger partial charge in [0.25, 0.3) is 0 Å². The summed E-state index contributed by atoms with van der Waals surface area (Å²) in [4.78, 5) is 0. The van der Waals surface area contributed by atoms with Gasteiger partial charge < -0.3 is 15.0 Å². The van der Waals surface area contributed by atoms with Crippen LogP contribution < -0.4 is 10.5 Å². The number of nitrogen functional groups attached to an aromatic ring is 1. The monoisotopic (exact) mass is 300 g/mol. The van der Waals surface area contributed by atoms with Crippen molar-refractivity contribution in [2.24, 2.45) is 0 Å². The van der Waals surface area contributed by atoms with Crippen LogP contribution in [-0.4, -0.2) is 12.3 Å². The predicted octanol–water partition coefficient (Wildman–Crippen LogP) is 4.25. The largest absolute Gasteiger partial charge is 0.496 e. The molecule has 1 aromatic heterocycles. The van der Waals surface area contributed by atoms with Crippen molar-refractivity contribution in [1.82, 2.24) is 5.16 Å². The highest BCUT2D eigenvalue weighted by atomic mass is 35.5. The van der Waals surface area contributed by atoms with Crippen molar-refractivity contribution >= 4 is 17.4 Å². The summed E-state index contributed by atoms with van der Waals surface area (Å²) >= 11 is 6.24. The highest BCUT2D eigenvalue weighted by Crippen LogP contribution is 2.42. The van der Waals surface area contributed by atoms with Crippen LogP contribution in [-0.2, 0) is 0 Å². The van der Waals surface area contributed by atoms with Gasteiger partial charge in [0.1, 0.15) is 5.75 Å². The number of methoxy groups -OCH3 is 1. The number of benzene rings is 2. The van der Waals surface area contributed by atoms with E-state index in [9.17, 15) is 0 Å². The van der Waals surface area contributed by atoms with Crippen LogP contribution >= 0.6 is 11.6 Å². The van der Waals surface area contributed by atoms with E-state index in [0.29, 0.717) is 27.9 Å². The van der Waals surface area contributed by atoms with Gasteiger partial charge in [0.15, 0.2) is 11.6 Å². The molecule has 2 aromatic carbocycles. The van der Waals surface area contributed by atoms with E-state index in [2.05, 4.69) is 5.16 Å². The van der Waals surface area contributed by atoms with Gasteiger partial charge in [-0.2, -0.15) is 0 Å². The molecule has 2 N–H and O–H groups in total. The number of hydrogen-bond acceptors (Lipinski definition) is 4. The van der Waals surface area contributed by atoms with E-state index in [0.717, 1.165) is 11.1 Å². The SMILES string of the molecule is COc1ccccc1-c1c(N)noc1-c1ccccc1Cl. The zero-order chi connectivity index (χ0) is 14.8. The Bertz CT molecular complexity index is 783. The lowest BCUT2D eigenvalue weighted by molar-refractivity contribution is 0.416. The number of para-hydroxylation sites is 1. The molecule has 0 aliphatic rings. The molecule has 5 heteroatoms. The Balaban J connectivity index is 2.25. The van der Waals surface area contributed by atoms with Crippen molar-refractivity contribution in [3.05, 3.63) is 53.6 Å². The number of halogens is 1. The first-order valence-electron chi connectivity index (χ1n) is 6.36. The maximum Gasteiger partial charge on any atom is 0.178 e. The van der Waals surface area contributed by atoms with E-state index in [1.165, 1.54) is 0 Å². The van der Waals surface area contributed by atoms with Crippen molar-refractivity contribution in [3.8, 4) is 28.2 Å². The van der Waals surface area contributed by atoms with Gasteiger partial charge in [-0.1, -0.05) is 47.1 Å². The molecule has 0 aliphatic carbocycles. The molecule has 21 heavy (non-hydrogen) atoms. The minimum atomic E-state index is 0.300. The molecule has 4 nitrogen and oxygen atoms in total. The molecule has 3 rings (SSSR count). The van der Waals surface area contributed by atoms with Crippen molar-refractivity contribution < 1.29 is 9.26 Å². The Morgan fingerprint density at radius 3 is 2.43 bits per heavy atom. The molecular weight excluding hydrogens is 288 g/mol. The van der Waals surface area contributed by atoms with Crippen LogP contribution in [0.5, 0.6) is 5.75 Å². The van der Waals surface area contributed by atoms with E-state index < -0.39 is 0 Å². The smallest absolute Gasteiger partial charge is 0.178 e. The summed E-state index contributed by atoms with van der Waals surface area (Å²) in [6, 6.07) is 14.9. The Morgan fingerprint density at radius 1 is 1.05 bits per heavy atom. The molecule has 0 radical (unpaired) electrons. The summed E-state index contributed by atoms with van der Waals surface area (Å²) in [5.41, 5.74) is 8.22. The molecule has 1 heterocycles. The summed E-state index contributed by atoms with van der Waals surface area (Å²) in [5.74, 6) is 1.53. The topological polar surface area (TPSA) is 61.3 Å². The highest BCUT2D eigenvalue weighted by Gasteiger charge is 2.21. The maximum absolute atomic E-state index is 6.24. The summed E-state index contributed by atoms with van der Waals surface area (Å²) in [7, 11) is 1.61. The number of nitrogens with zero attached hydrogens (tertiary/aromatic N) is 1. The number of aromatic nitrogens is 1. The zero-order valence-corrected chi connectivity index (χ0v) is 12.1. The molecular formula is C16H13ClN2O2. The number of nitrogens with two attached hydrogens (primary N) is 1. The lowest BCUT2D eigenvalue weighted by Crippen LogP contribution is -1.92. The molecule has 0 amide bonds. The number of rotatable bonds is 3. The fourth-order valence-corrected chi connectivity index (χ4v) is 2.46. The standard InChI is InChI=1S/C16H13ClN2O2/c1-20-13-9-5-3-7-11(13)14-15(21-19-16(14)18)10-6-2-4-8-12(10)17/h2-9H,1H3,(H2,18,19). The molecule has 106 valence electrons. The van der Waals surface area contributed by atoms with Crippen LogP contribution in [0, 0.1) is 0 Å². The van der Waals surface area contributed by atoms with Crippen molar-refractivity contribution in [2.75, 3.05) is 12.8 Å². The molecule has 0 aliphatic heterocycles. The van der Waals surface area contributed by atoms with Gasteiger partial charge in [-0.15, -0.1) is 0 Å². The normalized spacial score (nSPS) is 10.6. The van der Waals surface area contributed by atoms with Crippen LogP contribution in [0.15, 0.2) is 53.1 Å². The Labute approximate surface area is 127 Å². The molecule has 0 fully saturated rings. The van der Waals surface area contributed by atoms with Crippen molar-refractivity contribution in [1.29, 1.82) is 0 Å². The average Bonchev–Trinajstić information content (AvgIpc) is 2.89. The zero-order valence-electron chi connectivity index (χ0n) is 11.3. The van der Waals surface area contributed by atoms with E-state index in [4.69, 9.17) is 26.6 Å². The first-order chi connectivity index (χ1) is 10.2. The van der Waals surface area contributed by atoms with E-state index in [-0.39, 0.29) is 0 Å². The lowest BCUT2D eigenvalue weighted by atomic mass is 10.0.